The SMILES string of the molecule is O=C(Cc1cccs1)N(c1ccc(Cl)cc1)[C@@H]1C=CS(=O)(=O)C1. The van der Waals surface area contributed by atoms with Crippen LogP contribution in [-0.4, -0.2) is 26.1 Å². The summed E-state index contributed by atoms with van der Waals surface area (Å²) in [6, 6.07) is 10.1. The van der Waals surface area contributed by atoms with Crippen molar-refractivity contribution in [3.63, 3.8) is 0 Å². The Morgan fingerprint density at radius 3 is 2.57 bits per heavy atom. The van der Waals surface area contributed by atoms with Crippen molar-refractivity contribution in [1.82, 2.24) is 0 Å². The van der Waals surface area contributed by atoms with Gasteiger partial charge in [0.25, 0.3) is 0 Å². The Bertz CT molecular complexity index is 827. The summed E-state index contributed by atoms with van der Waals surface area (Å²) in [7, 11) is -3.25. The topological polar surface area (TPSA) is 54.5 Å². The highest BCUT2D eigenvalue weighted by atomic mass is 35.5. The molecule has 0 bridgehead atoms. The predicted octanol–water partition coefficient (Wildman–Crippen LogP) is 3.29. The highest BCUT2D eigenvalue weighted by Gasteiger charge is 2.31. The van der Waals surface area contributed by atoms with Gasteiger partial charge < -0.3 is 4.90 Å². The molecule has 0 saturated carbocycles. The van der Waals surface area contributed by atoms with Crippen molar-refractivity contribution in [3.8, 4) is 0 Å². The van der Waals surface area contributed by atoms with Gasteiger partial charge in [-0.15, -0.1) is 11.3 Å². The molecule has 0 aliphatic carbocycles. The standard InChI is InChI=1S/C16H14ClNO3S2/c17-12-3-5-13(6-4-12)18(14-7-9-23(20,21)11-14)16(19)10-15-2-1-8-22-15/h1-9,14H,10-11H2/t14-/m1/s1. The number of benzene rings is 1. The van der Waals surface area contributed by atoms with E-state index in [9.17, 15) is 13.2 Å². The first-order chi connectivity index (χ1) is 10.9. The third kappa shape index (κ3) is 3.83. The molecule has 7 heteroatoms. The Labute approximate surface area is 143 Å². The molecule has 4 nitrogen and oxygen atoms in total. The Morgan fingerprint density at radius 1 is 1.26 bits per heavy atom. The number of nitrogens with zero attached hydrogens (tertiary/aromatic N) is 1. The van der Waals surface area contributed by atoms with Crippen LogP contribution in [0.25, 0.3) is 0 Å². The molecule has 1 aromatic carbocycles. The Balaban J connectivity index is 1.91. The lowest BCUT2D eigenvalue weighted by atomic mass is 10.2. The van der Waals surface area contributed by atoms with Crippen LogP contribution in [0.15, 0.2) is 53.3 Å². The number of hydrogen-bond acceptors (Lipinski definition) is 4. The summed E-state index contributed by atoms with van der Waals surface area (Å²) in [4.78, 5) is 15.2. The molecule has 1 aliphatic heterocycles. The second kappa shape index (κ2) is 6.47. The van der Waals surface area contributed by atoms with E-state index in [2.05, 4.69) is 0 Å². The van der Waals surface area contributed by atoms with Gasteiger partial charge in [-0.05, 0) is 41.8 Å². The zero-order valence-corrected chi connectivity index (χ0v) is 14.4. The molecule has 0 fully saturated rings. The molecule has 3 rings (SSSR count). The average molecular weight is 368 g/mol. The van der Waals surface area contributed by atoms with Gasteiger partial charge in [0.05, 0.1) is 18.2 Å². The molecule has 23 heavy (non-hydrogen) atoms. The van der Waals surface area contributed by atoms with Crippen molar-refractivity contribution < 1.29 is 13.2 Å². The van der Waals surface area contributed by atoms with Crippen molar-refractivity contribution in [1.29, 1.82) is 0 Å². The van der Waals surface area contributed by atoms with Crippen LogP contribution in [0, 0.1) is 0 Å². The maximum absolute atomic E-state index is 12.8. The number of amides is 1. The molecule has 2 heterocycles. The van der Waals surface area contributed by atoms with Gasteiger partial charge in [0, 0.05) is 21.0 Å². The van der Waals surface area contributed by atoms with Crippen LogP contribution in [0.3, 0.4) is 0 Å². The van der Waals surface area contributed by atoms with Crippen LogP contribution in [0.1, 0.15) is 4.88 Å². The summed E-state index contributed by atoms with van der Waals surface area (Å²) < 4.78 is 23.5. The maximum atomic E-state index is 12.8. The van der Waals surface area contributed by atoms with Gasteiger partial charge >= 0.3 is 0 Å². The number of hydrogen-bond donors (Lipinski definition) is 0. The summed E-state index contributed by atoms with van der Waals surface area (Å²) in [5.74, 6) is -0.229. The lowest BCUT2D eigenvalue weighted by molar-refractivity contribution is -0.118. The zero-order valence-electron chi connectivity index (χ0n) is 12.1. The van der Waals surface area contributed by atoms with E-state index in [1.165, 1.54) is 21.6 Å². The Morgan fingerprint density at radius 2 is 2.00 bits per heavy atom. The molecule has 0 unspecified atom stereocenters. The number of carbonyl (C=O) groups excluding carboxylic acids is 1. The van der Waals surface area contributed by atoms with E-state index < -0.39 is 15.9 Å². The fourth-order valence-electron chi connectivity index (χ4n) is 2.49. The van der Waals surface area contributed by atoms with Crippen LogP contribution >= 0.6 is 22.9 Å². The maximum Gasteiger partial charge on any atom is 0.232 e. The normalized spacial score (nSPS) is 18.9. The molecule has 1 aromatic heterocycles. The van der Waals surface area contributed by atoms with Crippen molar-refractivity contribution in [2.75, 3.05) is 10.7 Å². The molecule has 0 N–H and O–H groups in total. The molecule has 1 aliphatic rings. The number of rotatable bonds is 4. The highest BCUT2D eigenvalue weighted by molar-refractivity contribution is 7.94. The minimum Gasteiger partial charge on any atom is -0.304 e. The number of sulfone groups is 1. The molecular weight excluding hydrogens is 354 g/mol. The van der Waals surface area contributed by atoms with E-state index in [-0.39, 0.29) is 18.1 Å². The largest absolute Gasteiger partial charge is 0.304 e. The minimum atomic E-state index is -3.25. The first-order valence-electron chi connectivity index (χ1n) is 6.95. The Kier molecular flexibility index (Phi) is 4.57. The lowest BCUT2D eigenvalue weighted by Gasteiger charge is -2.27. The quantitative estimate of drug-likeness (QED) is 0.833. The van der Waals surface area contributed by atoms with Gasteiger partial charge in [0.2, 0.25) is 5.91 Å². The second-order valence-corrected chi connectivity index (χ2v) is 8.62. The second-order valence-electron chi connectivity index (χ2n) is 5.22. The lowest BCUT2D eigenvalue weighted by Crippen LogP contribution is -2.42. The van der Waals surface area contributed by atoms with Crippen LogP contribution in [0.5, 0.6) is 0 Å². The monoisotopic (exact) mass is 367 g/mol. The first kappa shape index (κ1) is 16.2. The highest BCUT2D eigenvalue weighted by Crippen LogP contribution is 2.26. The summed E-state index contributed by atoms with van der Waals surface area (Å²) in [5, 5.41) is 3.66. The summed E-state index contributed by atoms with van der Waals surface area (Å²) in [6.45, 7) is 0. The molecule has 0 radical (unpaired) electrons. The fraction of sp³-hybridized carbons (Fsp3) is 0.188. The van der Waals surface area contributed by atoms with E-state index in [4.69, 9.17) is 11.6 Å². The summed E-state index contributed by atoms with van der Waals surface area (Å²) in [5.41, 5.74) is 0.641. The van der Waals surface area contributed by atoms with Gasteiger partial charge in [-0.2, -0.15) is 0 Å². The molecule has 1 amide bonds. The average Bonchev–Trinajstić information content (AvgIpc) is 3.11. The van der Waals surface area contributed by atoms with E-state index in [0.29, 0.717) is 10.7 Å². The predicted molar refractivity (Wildman–Crippen MR) is 93.7 cm³/mol. The molecule has 0 saturated heterocycles. The van der Waals surface area contributed by atoms with Crippen LogP contribution < -0.4 is 4.90 Å². The van der Waals surface area contributed by atoms with Gasteiger partial charge in [0.1, 0.15) is 0 Å². The number of thiophene rings is 1. The van der Waals surface area contributed by atoms with Crippen molar-refractivity contribution >= 4 is 44.4 Å². The van der Waals surface area contributed by atoms with Crippen LogP contribution in [-0.2, 0) is 21.1 Å². The van der Waals surface area contributed by atoms with E-state index in [0.717, 1.165) is 4.88 Å². The van der Waals surface area contributed by atoms with Gasteiger partial charge in [-0.1, -0.05) is 17.7 Å². The van der Waals surface area contributed by atoms with Crippen molar-refractivity contribution in [2.45, 2.75) is 12.5 Å². The molecule has 2 aromatic rings. The smallest absolute Gasteiger partial charge is 0.232 e. The van der Waals surface area contributed by atoms with E-state index in [1.807, 2.05) is 17.5 Å². The van der Waals surface area contributed by atoms with Gasteiger partial charge in [0.15, 0.2) is 9.84 Å². The van der Waals surface area contributed by atoms with Crippen LogP contribution in [0.2, 0.25) is 5.02 Å². The third-order valence-electron chi connectivity index (χ3n) is 3.52. The summed E-state index contributed by atoms with van der Waals surface area (Å²) >= 11 is 7.41. The van der Waals surface area contributed by atoms with Crippen LogP contribution in [0.4, 0.5) is 5.69 Å². The van der Waals surface area contributed by atoms with E-state index >= 15 is 0 Å². The molecule has 0 spiro atoms. The molecule has 120 valence electrons. The molecular formula is C16H14ClNO3S2. The number of halogens is 1. The van der Waals surface area contributed by atoms with E-state index in [1.54, 1.807) is 30.3 Å². The number of anilines is 1. The van der Waals surface area contributed by atoms with Gasteiger partial charge in [-0.25, -0.2) is 8.42 Å². The third-order valence-corrected chi connectivity index (χ3v) is 6.03. The Hall–Kier alpha value is -1.63. The number of carbonyl (C=O) groups is 1. The molecule has 1 atom stereocenters. The fourth-order valence-corrected chi connectivity index (χ4v) is 4.58. The summed E-state index contributed by atoms with van der Waals surface area (Å²) in [6.07, 6.45) is 1.81. The zero-order chi connectivity index (χ0) is 16.4. The van der Waals surface area contributed by atoms with Gasteiger partial charge in [-0.3, -0.25) is 4.79 Å². The van der Waals surface area contributed by atoms with Crippen molar-refractivity contribution in [2.24, 2.45) is 0 Å². The first-order valence-corrected chi connectivity index (χ1v) is 9.93. The minimum absolute atomic E-state index is 0.0915. The van der Waals surface area contributed by atoms with Crippen molar-refractivity contribution in [3.05, 3.63) is 63.2 Å².